The Kier molecular flexibility index (Phi) is 4.80. The van der Waals surface area contributed by atoms with E-state index in [4.69, 9.17) is 0 Å². The van der Waals surface area contributed by atoms with Crippen molar-refractivity contribution < 1.29 is 0 Å². The highest BCUT2D eigenvalue weighted by molar-refractivity contribution is 9.10. The Hall–Kier alpha value is -1.78. The first-order chi connectivity index (χ1) is 12.5. The normalized spacial score (nSPS) is 21.9. The van der Waals surface area contributed by atoms with Gasteiger partial charge < -0.3 is 10.6 Å². The summed E-state index contributed by atoms with van der Waals surface area (Å²) in [5.74, 6) is 0. The lowest BCUT2D eigenvalue weighted by Gasteiger charge is -2.33. The average molecular weight is 472 g/mol. The summed E-state index contributed by atoms with van der Waals surface area (Å²) in [7, 11) is 0. The fraction of sp³-hybridized carbons (Fsp3) is 0.182. The third-order valence-electron chi connectivity index (χ3n) is 5.03. The Morgan fingerprint density at radius 3 is 2.04 bits per heavy atom. The van der Waals surface area contributed by atoms with E-state index in [9.17, 15) is 0 Å². The number of rotatable bonds is 2. The van der Waals surface area contributed by atoms with Crippen LogP contribution in [0.15, 0.2) is 81.7 Å². The molecule has 0 aromatic heterocycles. The lowest BCUT2D eigenvalue weighted by molar-refractivity contribution is 0.464. The van der Waals surface area contributed by atoms with Gasteiger partial charge >= 0.3 is 0 Å². The largest absolute Gasteiger partial charge is 0.376 e. The van der Waals surface area contributed by atoms with E-state index >= 15 is 0 Å². The number of halogens is 2. The topological polar surface area (TPSA) is 24.1 Å². The number of hydrogen-bond donors (Lipinski definition) is 2. The number of nitrogens with one attached hydrogen (secondary N) is 2. The minimum atomic E-state index is -0.182. The molecule has 2 unspecified atom stereocenters. The van der Waals surface area contributed by atoms with Gasteiger partial charge in [0.1, 0.15) is 0 Å². The molecule has 0 saturated carbocycles. The summed E-state index contributed by atoms with van der Waals surface area (Å²) in [5, 5.41) is 7.54. The van der Waals surface area contributed by atoms with Gasteiger partial charge in [0, 0.05) is 8.95 Å². The number of benzene rings is 3. The van der Waals surface area contributed by atoms with E-state index in [-0.39, 0.29) is 11.6 Å². The van der Waals surface area contributed by atoms with Crippen LogP contribution in [0.3, 0.4) is 0 Å². The summed E-state index contributed by atoms with van der Waals surface area (Å²) in [5.41, 5.74) is 4.66. The van der Waals surface area contributed by atoms with Crippen LogP contribution >= 0.6 is 31.9 Å². The molecule has 0 saturated heterocycles. The van der Waals surface area contributed by atoms with E-state index < -0.39 is 0 Å². The van der Waals surface area contributed by atoms with Crippen molar-refractivity contribution >= 4 is 43.2 Å². The first-order valence-corrected chi connectivity index (χ1v) is 10.3. The Balaban J connectivity index is 1.79. The molecule has 2 N–H and O–H groups in total. The molecule has 0 bridgehead atoms. The Morgan fingerprint density at radius 2 is 1.38 bits per heavy atom. The van der Waals surface area contributed by atoms with Crippen molar-refractivity contribution in [2.75, 3.05) is 10.6 Å². The van der Waals surface area contributed by atoms with Crippen LogP contribution in [0.4, 0.5) is 11.4 Å². The number of hydrogen-bond acceptors (Lipinski definition) is 2. The van der Waals surface area contributed by atoms with Gasteiger partial charge in [0.25, 0.3) is 0 Å². The minimum Gasteiger partial charge on any atom is -0.376 e. The summed E-state index contributed by atoms with van der Waals surface area (Å²) in [6, 6.07) is 25.9. The molecular weight excluding hydrogens is 452 g/mol. The summed E-state index contributed by atoms with van der Waals surface area (Å²) >= 11 is 7.09. The van der Waals surface area contributed by atoms with Crippen molar-refractivity contribution in [2.24, 2.45) is 0 Å². The first-order valence-electron chi connectivity index (χ1n) is 8.69. The fourth-order valence-electron chi connectivity index (χ4n) is 3.62. The van der Waals surface area contributed by atoms with E-state index in [2.05, 4.69) is 122 Å². The molecule has 2 nitrogen and oxygen atoms in total. The van der Waals surface area contributed by atoms with Crippen molar-refractivity contribution in [3.05, 3.63) is 92.9 Å². The molecule has 0 radical (unpaired) electrons. The van der Waals surface area contributed by atoms with Crippen molar-refractivity contribution in [1.29, 1.82) is 0 Å². The molecule has 1 aliphatic rings. The molecule has 3 aromatic rings. The Morgan fingerprint density at radius 1 is 0.808 bits per heavy atom. The molecule has 2 atom stereocenters. The number of para-hydroxylation sites is 2. The van der Waals surface area contributed by atoms with Gasteiger partial charge in [-0.3, -0.25) is 0 Å². The highest BCUT2D eigenvalue weighted by Crippen LogP contribution is 2.42. The van der Waals surface area contributed by atoms with Crippen LogP contribution in [0, 0.1) is 0 Å². The quantitative estimate of drug-likeness (QED) is 0.416. The molecule has 3 aromatic carbocycles. The maximum absolute atomic E-state index is 3.80. The highest BCUT2D eigenvalue weighted by atomic mass is 79.9. The van der Waals surface area contributed by atoms with Gasteiger partial charge in [-0.2, -0.15) is 0 Å². The molecule has 26 heavy (non-hydrogen) atoms. The van der Waals surface area contributed by atoms with E-state index in [1.807, 2.05) is 0 Å². The van der Waals surface area contributed by atoms with Crippen molar-refractivity contribution in [3.8, 4) is 0 Å². The Bertz CT molecular complexity index is 906. The van der Waals surface area contributed by atoms with Gasteiger partial charge in [0.15, 0.2) is 0 Å². The molecule has 0 aliphatic carbocycles. The van der Waals surface area contributed by atoms with Gasteiger partial charge in [-0.15, -0.1) is 0 Å². The molecule has 4 heteroatoms. The molecule has 1 aliphatic heterocycles. The lowest BCUT2D eigenvalue weighted by atomic mass is 9.84. The Labute approximate surface area is 171 Å². The zero-order valence-corrected chi connectivity index (χ0v) is 17.6. The molecule has 0 spiro atoms. The van der Waals surface area contributed by atoms with E-state index in [0.717, 1.165) is 26.7 Å². The monoisotopic (exact) mass is 470 g/mol. The molecular formula is C22H20Br2N2. The van der Waals surface area contributed by atoms with Crippen LogP contribution in [0.1, 0.15) is 30.5 Å². The van der Waals surface area contributed by atoms with Crippen molar-refractivity contribution in [1.82, 2.24) is 0 Å². The van der Waals surface area contributed by atoms with Crippen LogP contribution in [-0.2, 0) is 5.54 Å². The second-order valence-corrected chi connectivity index (χ2v) is 8.79. The molecule has 0 fully saturated rings. The first kappa shape index (κ1) is 17.6. The van der Waals surface area contributed by atoms with Gasteiger partial charge in [-0.05, 0) is 60.9 Å². The highest BCUT2D eigenvalue weighted by Gasteiger charge is 2.34. The van der Waals surface area contributed by atoms with E-state index in [1.165, 1.54) is 11.1 Å². The maximum atomic E-state index is 3.80. The molecule has 1 heterocycles. The summed E-state index contributed by atoms with van der Waals surface area (Å²) in [6.45, 7) is 2.28. The average Bonchev–Trinajstić information content (AvgIpc) is 2.79. The van der Waals surface area contributed by atoms with Crippen LogP contribution in [0.5, 0.6) is 0 Å². The minimum absolute atomic E-state index is 0.182. The van der Waals surface area contributed by atoms with Gasteiger partial charge in [-0.1, -0.05) is 68.3 Å². The third-order valence-corrected chi connectivity index (χ3v) is 6.09. The molecule has 0 amide bonds. The van der Waals surface area contributed by atoms with Crippen molar-refractivity contribution in [3.63, 3.8) is 0 Å². The SMILES string of the molecule is CC1(c2ccc(Br)cc2)CC(c2ccc(Br)cc2)Nc2ccccc2N1. The molecule has 132 valence electrons. The van der Waals surface area contributed by atoms with Crippen molar-refractivity contribution in [2.45, 2.75) is 24.9 Å². The fourth-order valence-corrected chi connectivity index (χ4v) is 4.15. The van der Waals surface area contributed by atoms with E-state index in [0.29, 0.717) is 0 Å². The predicted molar refractivity (Wildman–Crippen MR) is 117 cm³/mol. The predicted octanol–water partition coefficient (Wildman–Crippen LogP) is 7.10. The zero-order valence-electron chi connectivity index (χ0n) is 14.5. The van der Waals surface area contributed by atoms with Gasteiger partial charge in [0.05, 0.1) is 23.0 Å². The summed E-state index contributed by atoms with van der Waals surface area (Å²) < 4.78 is 2.20. The number of fused-ring (bicyclic) bond motifs is 1. The van der Waals surface area contributed by atoms with Crippen LogP contribution in [0.25, 0.3) is 0 Å². The smallest absolute Gasteiger partial charge is 0.0620 e. The van der Waals surface area contributed by atoms with Crippen LogP contribution in [0.2, 0.25) is 0 Å². The summed E-state index contributed by atoms with van der Waals surface area (Å²) in [6.07, 6.45) is 0.935. The lowest BCUT2D eigenvalue weighted by Crippen LogP contribution is -2.33. The standard InChI is InChI=1S/C22H20Br2N2/c1-22(16-8-12-18(24)13-9-16)14-21(15-6-10-17(23)11-7-15)25-19-4-2-3-5-20(19)26-22/h2-13,21,25-26H,14H2,1H3. The third kappa shape index (κ3) is 3.53. The zero-order chi connectivity index (χ0) is 18.1. The van der Waals surface area contributed by atoms with Gasteiger partial charge in [-0.25, -0.2) is 0 Å². The second kappa shape index (κ2) is 7.09. The second-order valence-electron chi connectivity index (χ2n) is 6.96. The maximum Gasteiger partial charge on any atom is 0.0620 e. The molecule has 4 rings (SSSR count). The van der Waals surface area contributed by atoms with E-state index in [1.54, 1.807) is 0 Å². The van der Waals surface area contributed by atoms with Crippen LogP contribution in [-0.4, -0.2) is 0 Å². The van der Waals surface area contributed by atoms with Gasteiger partial charge in [0.2, 0.25) is 0 Å². The van der Waals surface area contributed by atoms with Crippen LogP contribution < -0.4 is 10.6 Å². The summed E-state index contributed by atoms with van der Waals surface area (Å²) in [4.78, 5) is 0. The number of anilines is 2.